The Hall–Kier alpha value is -1.21. The molecule has 82 valence electrons. The Morgan fingerprint density at radius 1 is 0.812 bits per heavy atom. The van der Waals surface area contributed by atoms with Crippen molar-refractivity contribution in [2.75, 3.05) is 6.26 Å². The van der Waals surface area contributed by atoms with E-state index in [4.69, 9.17) is 0 Å². The predicted molar refractivity (Wildman–Crippen MR) is 72.9 cm³/mol. The first-order valence-corrected chi connectivity index (χ1v) is 6.88. The third-order valence-electron chi connectivity index (χ3n) is 2.55. The van der Waals surface area contributed by atoms with Crippen LogP contribution in [0.15, 0.2) is 54.6 Å². The molecule has 0 fully saturated rings. The number of hydrogen-bond acceptors (Lipinski definition) is 1. The van der Waals surface area contributed by atoms with Crippen LogP contribution in [0.4, 0.5) is 0 Å². The Morgan fingerprint density at radius 3 is 2.25 bits per heavy atom. The first-order chi connectivity index (χ1) is 7.88. The highest BCUT2D eigenvalue weighted by atomic mass is 32.2. The lowest BCUT2D eigenvalue weighted by Crippen LogP contribution is -1.89. The van der Waals surface area contributed by atoms with E-state index in [1.807, 2.05) is 11.8 Å². The number of benzene rings is 2. The number of hydrogen-bond donors (Lipinski definition) is 0. The van der Waals surface area contributed by atoms with Crippen LogP contribution in [0.25, 0.3) is 0 Å². The first kappa shape index (κ1) is 11.3. The fourth-order valence-corrected chi connectivity index (χ4v) is 2.34. The van der Waals surface area contributed by atoms with Crippen molar-refractivity contribution in [2.45, 2.75) is 12.2 Å². The van der Waals surface area contributed by atoms with Crippen LogP contribution in [-0.4, -0.2) is 6.26 Å². The van der Waals surface area contributed by atoms with Crippen molar-refractivity contribution < 1.29 is 0 Å². The number of thioether (sulfide) groups is 1. The van der Waals surface area contributed by atoms with Crippen LogP contribution < -0.4 is 0 Å². The molecule has 2 aromatic rings. The Morgan fingerprint density at radius 2 is 1.50 bits per heavy atom. The van der Waals surface area contributed by atoms with Crippen molar-refractivity contribution in [1.29, 1.82) is 0 Å². The van der Waals surface area contributed by atoms with Crippen LogP contribution in [0.3, 0.4) is 0 Å². The second-order valence-corrected chi connectivity index (χ2v) is 4.78. The van der Waals surface area contributed by atoms with E-state index >= 15 is 0 Å². The second kappa shape index (κ2) is 5.76. The predicted octanol–water partition coefficient (Wildman–Crippen LogP) is 4.14. The minimum absolute atomic E-state index is 1.03. The van der Waals surface area contributed by atoms with Crippen molar-refractivity contribution in [2.24, 2.45) is 0 Å². The molecule has 0 atom stereocenters. The topological polar surface area (TPSA) is 0 Å². The fourth-order valence-electron chi connectivity index (χ4n) is 1.83. The van der Waals surface area contributed by atoms with E-state index in [1.165, 1.54) is 16.7 Å². The maximum Gasteiger partial charge on any atom is 0.0181 e. The van der Waals surface area contributed by atoms with Gasteiger partial charge in [0.15, 0.2) is 0 Å². The summed E-state index contributed by atoms with van der Waals surface area (Å²) in [6, 6.07) is 19.5. The molecule has 2 rings (SSSR count). The summed E-state index contributed by atoms with van der Waals surface area (Å²) in [5.41, 5.74) is 4.20. The quantitative estimate of drug-likeness (QED) is 0.758. The maximum absolute atomic E-state index is 2.31. The van der Waals surface area contributed by atoms with Gasteiger partial charge in [0.25, 0.3) is 0 Å². The van der Waals surface area contributed by atoms with Gasteiger partial charge in [-0.3, -0.25) is 0 Å². The third-order valence-corrected chi connectivity index (χ3v) is 3.18. The summed E-state index contributed by atoms with van der Waals surface area (Å²) in [4.78, 5) is 0. The van der Waals surface area contributed by atoms with Crippen LogP contribution in [0.2, 0.25) is 0 Å². The minimum atomic E-state index is 1.03. The molecule has 0 heterocycles. The van der Waals surface area contributed by atoms with E-state index in [9.17, 15) is 0 Å². The van der Waals surface area contributed by atoms with Gasteiger partial charge in [0.05, 0.1) is 0 Å². The van der Waals surface area contributed by atoms with E-state index in [-0.39, 0.29) is 0 Å². The normalized spacial score (nSPS) is 10.3. The Bertz CT molecular complexity index is 434. The average Bonchev–Trinajstić information content (AvgIpc) is 2.31. The standard InChI is InChI=1S/C15H16S/c1-16-12-15-9-5-8-14(11-15)10-13-6-3-2-4-7-13/h2-9,11H,10,12H2,1H3. The summed E-state index contributed by atoms with van der Waals surface area (Å²) < 4.78 is 0. The lowest BCUT2D eigenvalue weighted by molar-refractivity contribution is 1.18. The van der Waals surface area contributed by atoms with Crippen molar-refractivity contribution in [3.8, 4) is 0 Å². The molecule has 0 aromatic heterocycles. The van der Waals surface area contributed by atoms with Gasteiger partial charge in [-0.2, -0.15) is 11.8 Å². The highest BCUT2D eigenvalue weighted by Crippen LogP contribution is 2.14. The molecule has 0 bridgehead atoms. The smallest absolute Gasteiger partial charge is 0.0181 e. The van der Waals surface area contributed by atoms with E-state index in [1.54, 1.807) is 0 Å². The van der Waals surface area contributed by atoms with E-state index < -0.39 is 0 Å². The second-order valence-electron chi connectivity index (χ2n) is 3.92. The molecule has 0 saturated heterocycles. The van der Waals surface area contributed by atoms with Crippen LogP contribution >= 0.6 is 11.8 Å². The average molecular weight is 228 g/mol. The summed E-state index contributed by atoms with van der Waals surface area (Å²) in [6.07, 6.45) is 3.17. The molecule has 0 radical (unpaired) electrons. The first-order valence-electron chi connectivity index (χ1n) is 5.49. The van der Waals surface area contributed by atoms with Crippen molar-refractivity contribution >= 4 is 11.8 Å². The van der Waals surface area contributed by atoms with E-state index in [0.29, 0.717) is 0 Å². The fraction of sp³-hybridized carbons (Fsp3) is 0.200. The van der Waals surface area contributed by atoms with Gasteiger partial charge in [0, 0.05) is 5.75 Å². The molecule has 0 saturated carbocycles. The molecule has 2 aromatic carbocycles. The summed E-state index contributed by atoms with van der Waals surface area (Å²) >= 11 is 1.87. The lowest BCUT2D eigenvalue weighted by Gasteiger charge is -2.04. The van der Waals surface area contributed by atoms with Gasteiger partial charge in [-0.05, 0) is 29.4 Å². The zero-order chi connectivity index (χ0) is 11.2. The van der Waals surface area contributed by atoms with Crippen molar-refractivity contribution in [3.05, 3.63) is 71.3 Å². The maximum atomic E-state index is 2.31. The molecule has 16 heavy (non-hydrogen) atoms. The minimum Gasteiger partial charge on any atom is -0.161 e. The summed E-state index contributed by atoms with van der Waals surface area (Å²) in [6.45, 7) is 0. The van der Waals surface area contributed by atoms with Crippen LogP contribution in [-0.2, 0) is 12.2 Å². The summed E-state index contributed by atoms with van der Waals surface area (Å²) in [5, 5.41) is 0. The van der Waals surface area contributed by atoms with Gasteiger partial charge < -0.3 is 0 Å². The molecule has 0 spiro atoms. The van der Waals surface area contributed by atoms with Gasteiger partial charge >= 0.3 is 0 Å². The molecular weight excluding hydrogens is 212 g/mol. The van der Waals surface area contributed by atoms with Crippen LogP contribution in [0.1, 0.15) is 16.7 Å². The van der Waals surface area contributed by atoms with Crippen molar-refractivity contribution in [3.63, 3.8) is 0 Å². The van der Waals surface area contributed by atoms with E-state index in [0.717, 1.165) is 12.2 Å². The molecule has 0 unspecified atom stereocenters. The molecule has 0 aliphatic heterocycles. The molecule has 0 nitrogen and oxygen atoms in total. The third kappa shape index (κ3) is 3.14. The van der Waals surface area contributed by atoms with E-state index in [2.05, 4.69) is 60.9 Å². The summed E-state index contributed by atoms with van der Waals surface area (Å²) in [5.74, 6) is 1.10. The monoisotopic (exact) mass is 228 g/mol. The van der Waals surface area contributed by atoms with Gasteiger partial charge in [-0.1, -0.05) is 54.6 Å². The van der Waals surface area contributed by atoms with Crippen LogP contribution in [0.5, 0.6) is 0 Å². The number of rotatable bonds is 4. The van der Waals surface area contributed by atoms with Gasteiger partial charge in [-0.25, -0.2) is 0 Å². The SMILES string of the molecule is CSCc1cccc(Cc2ccccc2)c1. The molecular formula is C15H16S. The van der Waals surface area contributed by atoms with Gasteiger partial charge in [0.1, 0.15) is 0 Å². The lowest BCUT2D eigenvalue weighted by atomic mass is 10.0. The highest BCUT2D eigenvalue weighted by molar-refractivity contribution is 7.97. The molecule has 0 aliphatic carbocycles. The molecule has 0 aliphatic rings. The van der Waals surface area contributed by atoms with Gasteiger partial charge in [-0.15, -0.1) is 0 Å². The highest BCUT2D eigenvalue weighted by Gasteiger charge is 1.97. The summed E-state index contributed by atoms with van der Waals surface area (Å²) in [7, 11) is 0. The zero-order valence-electron chi connectivity index (χ0n) is 9.52. The zero-order valence-corrected chi connectivity index (χ0v) is 10.3. The Labute approximate surface area is 102 Å². The Balaban J connectivity index is 2.12. The van der Waals surface area contributed by atoms with Crippen molar-refractivity contribution in [1.82, 2.24) is 0 Å². The Kier molecular flexibility index (Phi) is 4.06. The molecule has 0 amide bonds. The largest absolute Gasteiger partial charge is 0.161 e. The molecule has 1 heteroatoms. The van der Waals surface area contributed by atoms with Crippen LogP contribution in [0, 0.1) is 0 Å². The van der Waals surface area contributed by atoms with Gasteiger partial charge in [0.2, 0.25) is 0 Å². The molecule has 0 N–H and O–H groups in total.